The van der Waals surface area contributed by atoms with Gasteiger partial charge in [0.15, 0.2) is 0 Å². The quantitative estimate of drug-likeness (QED) is 0.585. The largest absolute Gasteiger partial charge is 0.461 e. The fourth-order valence-electron chi connectivity index (χ4n) is 1.36. The second-order valence-corrected chi connectivity index (χ2v) is 3.75. The van der Waals surface area contributed by atoms with E-state index in [4.69, 9.17) is 15.9 Å². The van der Waals surface area contributed by atoms with Crippen LogP contribution in [0.15, 0.2) is 40.7 Å². The van der Waals surface area contributed by atoms with Gasteiger partial charge in [-0.25, -0.2) is 9.79 Å². The Morgan fingerprint density at radius 3 is 3.00 bits per heavy atom. The Bertz CT molecular complexity index is 467. The van der Waals surface area contributed by atoms with E-state index in [1.54, 1.807) is 26.0 Å². The summed E-state index contributed by atoms with van der Waals surface area (Å²) < 4.78 is 4.89. The molecule has 0 aliphatic carbocycles. The predicted molar refractivity (Wildman–Crippen MR) is 71.6 cm³/mol. The van der Waals surface area contributed by atoms with Gasteiger partial charge in [0.2, 0.25) is 0 Å². The van der Waals surface area contributed by atoms with Crippen LogP contribution < -0.4 is 5.73 Å². The zero-order valence-electron chi connectivity index (χ0n) is 10.6. The number of ether oxygens (including phenoxy) is 1. The first-order valence-electron chi connectivity index (χ1n) is 5.69. The Labute approximate surface area is 106 Å². The monoisotopic (exact) mass is 247 g/mol. The van der Waals surface area contributed by atoms with Crippen molar-refractivity contribution in [1.29, 1.82) is 5.41 Å². The van der Waals surface area contributed by atoms with E-state index in [0.29, 0.717) is 24.4 Å². The highest BCUT2D eigenvalue weighted by Crippen LogP contribution is 2.09. The van der Waals surface area contributed by atoms with E-state index in [-0.39, 0.29) is 11.4 Å². The van der Waals surface area contributed by atoms with E-state index in [1.807, 2.05) is 6.08 Å². The smallest absolute Gasteiger partial charge is 0.356 e. The summed E-state index contributed by atoms with van der Waals surface area (Å²) in [5.41, 5.74) is 6.83. The van der Waals surface area contributed by atoms with Crippen molar-refractivity contribution in [2.45, 2.75) is 20.3 Å². The molecule has 18 heavy (non-hydrogen) atoms. The third-order valence-corrected chi connectivity index (χ3v) is 2.10. The summed E-state index contributed by atoms with van der Waals surface area (Å²) in [6.07, 6.45) is 7.29. The molecule has 0 saturated carbocycles. The molecule has 0 bridgehead atoms. The van der Waals surface area contributed by atoms with Crippen LogP contribution in [0.5, 0.6) is 0 Å². The first-order valence-corrected chi connectivity index (χ1v) is 5.69. The summed E-state index contributed by atoms with van der Waals surface area (Å²) >= 11 is 0. The highest BCUT2D eigenvalue weighted by atomic mass is 16.5. The van der Waals surface area contributed by atoms with Crippen molar-refractivity contribution < 1.29 is 9.53 Å². The molecule has 3 N–H and O–H groups in total. The summed E-state index contributed by atoms with van der Waals surface area (Å²) in [6.45, 7) is 3.73. The van der Waals surface area contributed by atoms with Crippen molar-refractivity contribution in [3.63, 3.8) is 0 Å². The number of carbonyl (C=O) groups excluding carboxylic acids is 1. The Hall–Kier alpha value is -2.17. The van der Waals surface area contributed by atoms with Crippen molar-refractivity contribution in [1.82, 2.24) is 0 Å². The van der Waals surface area contributed by atoms with Gasteiger partial charge in [-0.1, -0.05) is 6.08 Å². The van der Waals surface area contributed by atoms with E-state index in [0.717, 1.165) is 0 Å². The van der Waals surface area contributed by atoms with Crippen LogP contribution in [0.2, 0.25) is 0 Å². The van der Waals surface area contributed by atoms with Gasteiger partial charge in [-0.2, -0.15) is 0 Å². The topological polar surface area (TPSA) is 88.5 Å². The Balaban J connectivity index is 2.97. The molecule has 0 fully saturated rings. The van der Waals surface area contributed by atoms with E-state index in [2.05, 4.69) is 4.99 Å². The van der Waals surface area contributed by atoms with E-state index in [9.17, 15) is 4.79 Å². The molecule has 5 heteroatoms. The van der Waals surface area contributed by atoms with Gasteiger partial charge in [0.25, 0.3) is 0 Å². The molecule has 0 spiro atoms. The fourth-order valence-corrected chi connectivity index (χ4v) is 1.36. The number of allylic oxidation sites excluding steroid dienone is 5. The number of hydrogen-bond acceptors (Lipinski definition) is 5. The number of aliphatic imine (C=N–C) groups is 1. The third-order valence-electron chi connectivity index (χ3n) is 2.10. The lowest BCUT2D eigenvalue weighted by Gasteiger charge is -2.03. The molecule has 0 atom stereocenters. The Morgan fingerprint density at radius 1 is 1.67 bits per heavy atom. The van der Waals surface area contributed by atoms with E-state index in [1.165, 1.54) is 6.08 Å². The molecule has 1 aliphatic rings. The molecule has 0 unspecified atom stereocenters. The van der Waals surface area contributed by atoms with Crippen molar-refractivity contribution in [3.8, 4) is 0 Å². The number of rotatable bonds is 4. The molecule has 0 aromatic heterocycles. The van der Waals surface area contributed by atoms with Gasteiger partial charge >= 0.3 is 5.97 Å². The number of nitrogens with one attached hydrogen (secondary N) is 1. The van der Waals surface area contributed by atoms with Crippen LogP contribution >= 0.6 is 0 Å². The van der Waals surface area contributed by atoms with E-state index < -0.39 is 5.97 Å². The van der Waals surface area contributed by atoms with Crippen LogP contribution in [-0.4, -0.2) is 24.0 Å². The van der Waals surface area contributed by atoms with E-state index >= 15 is 0 Å². The minimum atomic E-state index is -0.472. The molecular weight excluding hydrogens is 230 g/mol. The first-order chi connectivity index (χ1) is 8.54. The summed E-state index contributed by atoms with van der Waals surface area (Å²) in [5.74, 6) is -0.472. The third kappa shape index (κ3) is 4.01. The lowest BCUT2D eigenvalue weighted by atomic mass is 10.2. The fraction of sp³-hybridized carbons (Fsp3) is 0.308. The Kier molecular flexibility index (Phi) is 5.05. The van der Waals surface area contributed by atoms with Crippen LogP contribution in [-0.2, 0) is 9.53 Å². The van der Waals surface area contributed by atoms with Crippen molar-refractivity contribution >= 4 is 17.4 Å². The maximum absolute atomic E-state index is 11.6. The molecule has 0 aromatic rings. The number of carbonyl (C=O) groups is 1. The zero-order chi connectivity index (χ0) is 13.5. The van der Waals surface area contributed by atoms with Gasteiger partial charge in [-0.3, -0.25) is 5.41 Å². The van der Waals surface area contributed by atoms with Crippen molar-refractivity contribution in [3.05, 3.63) is 35.7 Å². The Morgan fingerprint density at radius 2 is 2.39 bits per heavy atom. The lowest BCUT2D eigenvalue weighted by Crippen LogP contribution is -2.13. The van der Waals surface area contributed by atoms with Crippen LogP contribution in [0.25, 0.3) is 0 Å². The summed E-state index contributed by atoms with van der Waals surface area (Å²) in [4.78, 5) is 15.7. The molecule has 0 amide bonds. The molecule has 0 aromatic carbocycles. The maximum Gasteiger partial charge on any atom is 0.356 e. The average Bonchev–Trinajstić information content (AvgIpc) is 2.53. The van der Waals surface area contributed by atoms with Gasteiger partial charge in [0, 0.05) is 5.70 Å². The highest BCUT2D eigenvalue weighted by Gasteiger charge is 2.13. The van der Waals surface area contributed by atoms with Crippen LogP contribution in [0, 0.1) is 5.41 Å². The molecule has 1 heterocycles. The normalized spacial score (nSPS) is 15.6. The number of nitrogens with zero attached hydrogens (tertiary/aromatic N) is 1. The molecule has 5 nitrogen and oxygen atoms in total. The second-order valence-electron chi connectivity index (χ2n) is 3.75. The zero-order valence-corrected chi connectivity index (χ0v) is 10.6. The molecule has 0 radical (unpaired) electrons. The predicted octanol–water partition coefficient (Wildman–Crippen LogP) is 1.72. The number of nitrogens with two attached hydrogens (primary N) is 1. The van der Waals surface area contributed by atoms with Gasteiger partial charge in [-0.15, -0.1) is 0 Å². The molecule has 1 rings (SSSR count). The van der Waals surface area contributed by atoms with Crippen LogP contribution in [0.3, 0.4) is 0 Å². The molecule has 0 saturated heterocycles. The molecule has 1 aliphatic heterocycles. The van der Waals surface area contributed by atoms with Gasteiger partial charge < -0.3 is 10.5 Å². The van der Waals surface area contributed by atoms with Crippen molar-refractivity contribution in [2.24, 2.45) is 10.7 Å². The number of hydrogen-bond donors (Lipinski definition) is 2. The number of esters is 1. The van der Waals surface area contributed by atoms with Gasteiger partial charge in [0.1, 0.15) is 5.70 Å². The standard InChI is InChI=1S/C13H17N3O2/c1-3-18-13(17)12-7-5-4-6-11(16-12)10(15)8-9(2)14/h4,6-8,15H,3,5,14H2,1-2H3/b9-8-,15-10?. The summed E-state index contributed by atoms with van der Waals surface area (Å²) in [7, 11) is 0. The molecule has 96 valence electrons. The van der Waals surface area contributed by atoms with Gasteiger partial charge in [0.05, 0.1) is 18.0 Å². The second kappa shape index (κ2) is 6.54. The lowest BCUT2D eigenvalue weighted by molar-refractivity contribution is -0.138. The minimum Gasteiger partial charge on any atom is -0.461 e. The maximum atomic E-state index is 11.6. The van der Waals surface area contributed by atoms with Gasteiger partial charge in [-0.05, 0) is 38.5 Å². The minimum absolute atomic E-state index is 0.170. The van der Waals surface area contributed by atoms with Crippen molar-refractivity contribution in [2.75, 3.05) is 6.61 Å². The first kappa shape index (κ1) is 13.9. The SMILES string of the molecule is CCOC(=O)C1=CCC=CC(C(=N)/C=C(/C)N)=N1. The highest BCUT2D eigenvalue weighted by molar-refractivity contribution is 6.49. The summed E-state index contributed by atoms with van der Waals surface area (Å²) in [6, 6.07) is 0. The van der Waals surface area contributed by atoms with Crippen LogP contribution in [0.1, 0.15) is 20.3 Å². The molecular formula is C13H17N3O2. The average molecular weight is 247 g/mol. The summed E-state index contributed by atoms with van der Waals surface area (Å²) in [5, 5.41) is 7.83. The van der Waals surface area contributed by atoms with Crippen LogP contribution in [0.4, 0.5) is 0 Å².